The summed E-state index contributed by atoms with van der Waals surface area (Å²) in [6.45, 7) is 3.60. The number of hydrogen-bond acceptors (Lipinski definition) is 10. The van der Waals surface area contributed by atoms with Gasteiger partial charge >= 0.3 is 0 Å². The topological polar surface area (TPSA) is 131 Å². The predicted molar refractivity (Wildman–Crippen MR) is 148 cm³/mol. The first-order valence-electron chi connectivity index (χ1n) is 12.1. The first-order valence-corrected chi connectivity index (χ1v) is 12.9. The molecule has 2 amide bonds. The summed E-state index contributed by atoms with van der Waals surface area (Å²) in [7, 11) is 1.62. The van der Waals surface area contributed by atoms with Crippen molar-refractivity contribution in [3.05, 3.63) is 87.5 Å². The van der Waals surface area contributed by atoms with Gasteiger partial charge in [-0.1, -0.05) is 12.1 Å². The summed E-state index contributed by atoms with van der Waals surface area (Å²) in [6.07, 6.45) is 0. The Labute approximate surface area is 227 Å². The molecule has 0 atom stereocenters. The fourth-order valence-corrected chi connectivity index (χ4v) is 5.07. The van der Waals surface area contributed by atoms with Gasteiger partial charge in [-0.05, 0) is 60.4 Å². The number of imide groups is 1. The molecule has 198 valence electrons. The maximum absolute atomic E-state index is 12.8. The number of azo groups is 1. The molecular weight excluding hydrogens is 520 g/mol. The van der Waals surface area contributed by atoms with Crippen molar-refractivity contribution in [2.45, 2.75) is 6.92 Å². The lowest BCUT2D eigenvalue weighted by Crippen LogP contribution is -2.39. The molecule has 39 heavy (non-hydrogen) atoms. The monoisotopic (exact) mass is 544 g/mol. The number of nitrogens with zero attached hydrogens (tertiary/aromatic N) is 6. The molecule has 4 aromatic rings. The van der Waals surface area contributed by atoms with Crippen LogP contribution in [0.15, 0.2) is 70.9 Å². The molecule has 0 bridgehead atoms. The van der Waals surface area contributed by atoms with Crippen LogP contribution in [0.5, 0.6) is 0 Å². The first-order chi connectivity index (χ1) is 18.9. The summed E-state index contributed by atoms with van der Waals surface area (Å²) in [5.41, 5.74) is 3.84. The van der Waals surface area contributed by atoms with Gasteiger partial charge in [0.15, 0.2) is 5.00 Å². The Kier molecular flexibility index (Phi) is 7.39. The number of hydrogen-bond donors (Lipinski definition) is 0. The molecule has 5 rings (SSSR count). The number of amides is 2. The van der Waals surface area contributed by atoms with Gasteiger partial charge in [-0.3, -0.25) is 24.6 Å². The number of anilines is 1. The van der Waals surface area contributed by atoms with E-state index >= 15 is 0 Å². The van der Waals surface area contributed by atoms with Crippen molar-refractivity contribution in [1.82, 2.24) is 9.27 Å². The van der Waals surface area contributed by atoms with E-state index in [1.807, 2.05) is 25.1 Å². The quantitative estimate of drug-likeness (QED) is 0.109. The van der Waals surface area contributed by atoms with Gasteiger partial charge in [0.25, 0.3) is 17.5 Å². The number of methoxy groups -OCH3 is 1. The highest BCUT2D eigenvalue weighted by Gasteiger charge is 2.35. The molecule has 0 saturated heterocycles. The molecule has 1 aliphatic rings. The first kappa shape index (κ1) is 26.1. The van der Waals surface area contributed by atoms with Crippen LogP contribution in [-0.2, 0) is 4.74 Å². The number of carbonyl (C=O) groups excluding carboxylic acids is 2. The third-order valence-electron chi connectivity index (χ3n) is 6.48. The van der Waals surface area contributed by atoms with Crippen LogP contribution in [-0.4, -0.2) is 59.4 Å². The number of ether oxygens (including phenoxy) is 1. The minimum atomic E-state index is -0.454. The van der Waals surface area contributed by atoms with Crippen molar-refractivity contribution in [1.29, 1.82) is 0 Å². The third kappa shape index (κ3) is 5.24. The van der Waals surface area contributed by atoms with Crippen molar-refractivity contribution < 1.29 is 19.2 Å². The second kappa shape index (κ2) is 11.1. The number of aromatic nitrogens is 1. The van der Waals surface area contributed by atoms with E-state index < -0.39 is 4.92 Å². The van der Waals surface area contributed by atoms with Crippen LogP contribution in [0.2, 0.25) is 0 Å². The van der Waals surface area contributed by atoms with Gasteiger partial charge in [0.1, 0.15) is 0 Å². The largest absolute Gasteiger partial charge is 0.383 e. The zero-order chi connectivity index (χ0) is 27.5. The maximum atomic E-state index is 12.8. The van der Waals surface area contributed by atoms with Gasteiger partial charge in [0.05, 0.1) is 33.9 Å². The number of rotatable bonds is 10. The third-order valence-corrected chi connectivity index (χ3v) is 7.25. The Balaban J connectivity index is 1.33. The molecule has 12 heteroatoms. The molecule has 3 aromatic carbocycles. The van der Waals surface area contributed by atoms with Gasteiger partial charge in [-0.15, -0.1) is 10.2 Å². The fraction of sp³-hybridized carbons (Fsp3) is 0.222. The summed E-state index contributed by atoms with van der Waals surface area (Å²) in [5.74, 6) is -0.565. The molecular formula is C27H24N6O5S. The highest BCUT2D eigenvalue weighted by atomic mass is 32.1. The second-order valence-electron chi connectivity index (χ2n) is 8.90. The standard InChI is InChI=1S/C27H24N6O5S/c1-17-15-18(7-9-23(17)28-29-25-22-16-19(33(36)37)8-10-24(22)30-39-25)31(13-14-38-2)11-12-32-26(34)20-5-3-4-6-21(20)27(32)35/h3-10,15-16H,11-14H2,1-2H3. The second-order valence-corrected chi connectivity index (χ2v) is 9.66. The van der Waals surface area contributed by atoms with E-state index in [0.717, 1.165) is 22.8 Å². The molecule has 0 saturated carbocycles. The minimum absolute atomic E-state index is 0.0305. The van der Waals surface area contributed by atoms with E-state index in [4.69, 9.17) is 4.74 Å². The Morgan fingerprint density at radius 2 is 1.77 bits per heavy atom. The summed E-state index contributed by atoms with van der Waals surface area (Å²) >= 11 is 1.13. The number of nitro groups is 1. The summed E-state index contributed by atoms with van der Waals surface area (Å²) < 4.78 is 9.57. The normalized spacial score (nSPS) is 13.0. The van der Waals surface area contributed by atoms with Crippen molar-refractivity contribution in [3.63, 3.8) is 0 Å². The zero-order valence-electron chi connectivity index (χ0n) is 21.2. The van der Waals surface area contributed by atoms with Crippen molar-refractivity contribution in [2.24, 2.45) is 10.2 Å². The highest BCUT2D eigenvalue weighted by Crippen LogP contribution is 2.35. The summed E-state index contributed by atoms with van der Waals surface area (Å²) in [5, 5.41) is 20.9. The highest BCUT2D eigenvalue weighted by molar-refractivity contribution is 7.11. The molecule has 2 heterocycles. The van der Waals surface area contributed by atoms with Gasteiger partial charge in [-0.25, -0.2) is 0 Å². The van der Waals surface area contributed by atoms with E-state index in [1.54, 1.807) is 37.4 Å². The number of non-ortho nitro benzene ring substituents is 1. The fourth-order valence-electron chi connectivity index (χ4n) is 4.38. The van der Waals surface area contributed by atoms with E-state index in [2.05, 4.69) is 19.5 Å². The number of nitro benzene ring substituents is 1. The van der Waals surface area contributed by atoms with Gasteiger partial charge in [-0.2, -0.15) is 4.37 Å². The molecule has 11 nitrogen and oxygen atoms in total. The molecule has 0 fully saturated rings. The molecule has 1 aliphatic heterocycles. The lowest BCUT2D eigenvalue weighted by Gasteiger charge is -2.27. The number of benzene rings is 3. The zero-order valence-corrected chi connectivity index (χ0v) is 22.1. The minimum Gasteiger partial charge on any atom is -0.383 e. The van der Waals surface area contributed by atoms with E-state index in [1.165, 1.54) is 17.0 Å². The van der Waals surface area contributed by atoms with Gasteiger partial charge in [0.2, 0.25) is 0 Å². The SMILES string of the molecule is COCCN(CCN1C(=O)c2ccccc2C1=O)c1ccc(N=Nc2snc3ccc([N+](=O)[O-])cc23)c(C)c1. The van der Waals surface area contributed by atoms with Crippen LogP contribution >= 0.6 is 11.5 Å². The number of fused-ring (bicyclic) bond motifs is 2. The van der Waals surface area contributed by atoms with Crippen LogP contribution in [0.1, 0.15) is 26.3 Å². The molecule has 0 radical (unpaired) electrons. The summed E-state index contributed by atoms with van der Waals surface area (Å²) in [4.78, 5) is 39.6. The van der Waals surface area contributed by atoms with Crippen LogP contribution in [0.25, 0.3) is 10.9 Å². The Morgan fingerprint density at radius 3 is 2.44 bits per heavy atom. The molecule has 0 spiro atoms. The van der Waals surface area contributed by atoms with Crippen LogP contribution in [0.3, 0.4) is 0 Å². The van der Waals surface area contributed by atoms with E-state index in [0.29, 0.717) is 52.4 Å². The summed E-state index contributed by atoms with van der Waals surface area (Å²) in [6, 6.07) is 17.0. The average Bonchev–Trinajstić information content (AvgIpc) is 3.46. The molecule has 0 aliphatic carbocycles. The molecule has 0 unspecified atom stereocenters. The predicted octanol–water partition coefficient (Wildman–Crippen LogP) is 5.68. The molecule has 1 aromatic heterocycles. The van der Waals surface area contributed by atoms with Crippen LogP contribution in [0.4, 0.5) is 22.1 Å². The van der Waals surface area contributed by atoms with Crippen molar-refractivity contribution >= 4 is 56.3 Å². The van der Waals surface area contributed by atoms with Gasteiger partial charge < -0.3 is 9.64 Å². The number of carbonyl (C=O) groups is 2. The van der Waals surface area contributed by atoms with E-state index in [-0.39, 0.29) is 24.0 Å². The van der Waals surface area contributed by atoms with E-state index in [9.17, 15) is 19.7 Å². The Bertz CT molecular complexity index is 1580. The van der Waals surface area contributed by atoms with Gasteiger partial charge in [0, 0.05) is 50.0 Å². The van der Waals surface area contributed by atoms with Crippen LogP contribution < -0.4 is 4.90 Å². The average molecular weight is 545 g/mol. The molecule has 0 N–H and O–H groups in total. The smallest absolute Gasteiger partial charge is 0.270 e. The maximum Gasteiger partial charge on any atom is 0.270 e. The lowest BCUT2D eigenvalue weighted by atomic mass is 10.1. The van der Waals surface area contributed by atoms with Crippen LogP contribution in [0, 0.1) is 17.0 Å². The van der Waals surface area contributed by atoms with Crippen molar-refractivity contribution in [3.8, 4) is 0 Å². The van der Waals surface area contributed by atoms with Crippen molar-refractivity contribution in [2.75, 3.05) is 38.3 Å². The Hall–Kier alpha value is -4.55. The lowest BCUT2D eigenvalue weighted by molar-refractivity contribution is -0.384. The number of aryl methyl sites for hydroxylation is 1. The Morgan fingerprint density at radius 1 is 1.03 bits per heavy atom.